The van der Waals surface area contributed by atoms with Crippen LogP contribution in [0.3, 0.4) is 0 Å². The maximum Gasteiger partial charge on any atom is 0.335 e. The molecule has 9 nitrogen and oxygen atoms in total. The molecule has 1 unspecified atom stereocenters. The summed E-state index contributed by atoms with van der Waals surface area (Å²) in [7, 11) is 0. The van der Waals surface area contributed by atoms with Crippen molar-refractivity contribution in [1.82, 2.24) is 5.32 Å². The SMILES string of the molecule is O=C(Nc1cccc(SC(C(=O)Nc2ccc(C(=O)O)cc2)c2ccccc2)c1)/C(=C/c1ccco1)NC(=O)c1ccccc1. The second-order valence-electron chi connectivity index (χ2n) is 9.66. The van der Waals surface area contributed by atoms with Crippen LogP contribution < -0.4 is 16.0 Å². The predicted molar refractivity (Wildman–Crippen MR) is 173 cm³/mol. The van der Waals surface area contributed by atoms with E-state index in [4.69, 9.17) is 9.52 Å². The zero-order chi connectivity index (χ0) is 31.6. The number of benzene rings is 4. The van der Waals surface area contributed by atoms with Crippen molar-refractivity contribution >= 4 is 52.9 Å². The molecular weight excluding hydrogens is 590 g/mol. The summed E-state index contributed by atoms with van der Waals surface area (Å²) in [5.74, 6) is -2.01. The number of rotatable bonds is 11. The number of aromatic carboxylic acids is 1. The Morgan fingerprint density at radius 3 is 2.09 bits per heavy atom. The van der Waals surface area contributed by atoms with Crippen LogP contribution in [0.15, 0.2) is 143 Å². The van der Waals surface area contributed by atoms with Gasteiger partial charge in [0.05, 0.1) is 11.8 Å². The Morgan fingerprint density at radius 2 is 1.42 bits per heavy atom. The fraction of sp³-hybridized carbons (Fsp3) is 0.0286. The highest BCUT2D eigenvalue weighted by atomic mass is 32.2. The van der Waals surface area contributed by atoms with Crippen molar-refractivity contribution in [2.75, 3.05) is 10.6 Å². The molecule has 3 amide bonds. The van der Waals surface area contributed by atoms with E-state index in [-0.39, 0.29) is 17.2 Å². The lowest BCUT2D eigenvalue weighted by atomic mass is 10.1. The first-order valence-corrected chi connectivity index (χ1v) is 14.6. The van der Waals surface area contributed by atoms with Crippen molar-refractivity contribution in [3.8, 4) is 0 Å². The van der Waals surface area contributed by atoms with E-state index in [1.807, 2.05) is 36.4 Å². The first kappa shape index (κ1) is 30.6. The Morgan fingerprint density at radius 1 is 0.711 bits per heavy atom. The number of hydrogen-bond acceptors (Lipinski definition) is 6. The lowest BCUT2D eigenvalue weighted by Crippen LogP contribution is -2.30. The van der Waals surface area contributed by atoms with Gasteiger partial charge in [-0.1, -0.05) is 54.6 Å². The molecule has 224 valence electrons. The summed E-state index contributed by atoms with van der Waals surface area (Å²) in [5.41, 5.74) is 2.14. The highest BCUT2D eigenvalue weighted by molar-refractivity contribution is 8.00. The number of carboxylic acids is 1. The van der Waals surface area contributed by atoms with Crippen LogP contribution in [0.25, 0.3) is 6.08 Å². The van der Waals surface area contributed by atoms with Gasteiger partial charge in [-0.05, 0) is 72.3 Å². The number of carbonyl (C=O) groups excluding carboxylic acids is 3. The molecule has 0 aliphatic rings. The molecule has 10 heteroatoms. The van der Waals surface area contributed by atoms with Gasteiger partial charge in [-0.25, -0.2) is 4.79 Å². The topological polar surface area (TPSA) is 138 Å². The van der Waals surface area contributed by atoms with Gasteiger partial charge in [0.1, 0.15) is 16.7 Å². The number of carboxylic acid groups (broad SMARTS) is 1. The smallest absolute Gasteiger partial charge is 0.335 e. The molecular formula is C35H27N3O6S. The molecule has 0 saturated carbocycles. The third kappa shape index (κ3) is 8.37. The Kier molecular flexibility index (Phi) is 9.88. The monoisotopic (exact) mass is 617 g/mol. The molecule has 0 saturated heterocycles. The third-order valence-electron chi connectivity index (χ3n) is 6.44. The molecule has 0 spiro atoms. The van der Waals surface area contributed by atoms with Gasteiger partial charge in [0.15, 0.2) is 0 Å². The van der Waals surface area contributed by atoms with E-state index in [9.17, 15) is 19.2 Å². The average Bonchev–Trinajstić information content (AvgIpc) is 3.58. The molecule has 0 aliphatic heterocycles. The normalized spacial score (nSPS) is 11.7. The van der Waals surface area contributed by atoms with Gasteiger partial charge in [0.25, 0.3) is 11.8 Å². The van der Waals surface area contributed by atoms with Gasteiger partial charge in [-0.2, -0.15) is 0 Å². The van der Waals surface area contributed by atoms with Crippen molar-refractivity contribution in [2.45, 2.75) is 10.1 Å². The van der Waals surface area contributed by atoms with E-state index in [0.29, 0.717) is 27.6 Å². The molecule has 1 heterocycles. The van der Waals surface area contributed by atoms with Crippen molar-refractivity contribution in [2.24, 2.45) is 0 Å². The van der Waals surface area contributed by atoms with Gasteiger partial charge in [0.2, 0.25) is 5.91 Å². The van der Waals surface area contributed by atoms with Crippen LogP contribution in [-0.4, -0.2) is 28.8 Å². The number of furan rings is 1. The summed E-state index contributed by atoms with van der Waals surface area (Å²) in [6.07, 6.45) is 2.90. The summed E-state index contributed by atoms with van der Waals surface area (Å²) in [4.78, 5) is 51.6. The van der Waals surface area contributed by atoms with Crippen LogP contribution in [0.4, 0.5) is 11.4 Å². The molecule has 4 aromatic carbocycles. The number of nitrogens with one attached hydrogen (secondary N) is 3. The summed E-state index contributed by atoms with van der Waals surface area (Å²) in [6.45, 7) is 0. The summed E-state index contributed by atoms with van der Waals surface area (Å²) < 4.78 is 5.36. The number of amides is 3. The van der Waals surface area contributed by atoms with Crippen LogP contribution in [-0.2, 0) is 9.59 Å². The van der Waals surface area contributed by atoms with Gasteiger partial charge in [-0.3, -0.25) is 14.4 Å². The van der Waals surface area contributed by atoms with E-state index in [2.05, 4.69) is 16.0 Å². The lowest BCUT2D eigenvalue weighted by Gasteiger charge is -2.18. The van der Waals surface area contributed by atoms with Crippen LogP contribution in [0.1, 0.15) is 37.3 Å². The zero-order valence-electron chi connectivity index (χ0n) is 23.7. The maximum absolute atomic E-state index is 13.5. The zero-order valence-corrected chi connectivity index (χ0v) is 24.5. The van der Waals surface area contributed by atoms with Crippen molar-refractivity contribution in [3.63, 3.8) is 0 Å². The van der Waals surface area contributed by atoms with E-state index < -0.39 is 23.0 Å². The van der Waals surface area contributed by atoms with E-state index in [0.717, 1.165) is 5.56 Å². The molecule has 0 radical (unpaired) electrons. The summed E-state index contributed by atoms with van der Waals surface area (Å²) in [5, 5.41) is 16.8. The summed E-state index contributed by atoms with van der Waals surface area (Å²) >= 11 is 1.28. The first-order valence-electron chi connectivity index (χ1n) is 13.7. The third-order valence-corrected chi connectivity index (χ3v) is 7.69. The minimum atomic E-state index is -1.06. The molecule has 0 fully saturated rings. The predicted octanol–water partition coefficient (Wildman–Crippen LogP) is 6.86. The fourth-order valence-electron chi connectivity index (χ4n) is 4.24. The van der Waals surface area contributed by atoms with Crippen LogP contribution >= 0.6 is 11.8 Å². The van der Waals surface area contributed by atoms with Gasteiger partial charge >= 0.3 is 5.97 Å². The van der Waals surface area contributed by atoms with Crippen LogP contribution in [0, 0.1) is 0 Å². The molecule has 45 heavy (non-hydrogen) atoms. The highest BCUT2D eigenvalue weighted by Crippen LogP contribution is 2.37. The molecule has 1 aromatic heterocycles. The molecule has 1 atom stereocenters. The van der Waals surface area contributed by atoms with E-state index in [1.165, 1.54) is 48.4 Å². The molecule has 4 N–H and O–H groups in total. The average molecular weight is 618 g/mol. The van der Waals surface area contributed by atoms with Crippen molar-refractivity contribution in [3.05, 3.63) is 156 Å². The Labute approximate surface area is 263 Å². The molecule has 5 aromatic rings. The van der Waals surface area contributed by atoms with Crippen LogP contribution in [0.5, 0.6) is 0 Å². The number of anilines is 2. The van der Waals surface area contributed by atoms with Gasteiger partial charge < -0.3 is 25.5 Å². The minimum absolute atomic E-state index is 0.0210. The second-order valence-corrected chi connectivity index (χ2v) is 10.8. The fourth-order valence-corrected chi connectivity index (χ4v) is 5.33. The number of carbonyl (C=O) groups is 4. The molecule has 0 bridgehead atoms. The lowest BCUT2D eigenvalue weighted by molar-refractivity contribution is -0.116. The quantitative estimate of drug-likeness (QED) is 0.0939. The summed E-state index contributed by atoms with van der Waals surface area (Å²) in [6, 6.07) is 34.0. The molecule has 5 rings (SSSR count). The standard InChI is InChI=1S/C35H27N3O6S/c39-32(24-11-5-2-6-12-24)38-30(22-28-14-8-20-44-28)33(40)37-27-13-7-15-29(21-27)45-31(23-9-3-1-4-10-23)34(41)36-26-18-16-25(17-19-26)35(42)43/h1-22,31H,(H,36,41)(H,37,40)(H,38,39)(H,42,43)/b30-22-. The minimum Gasteiger partial charge on any atom is -0.478 e. The second kappa shape index (κ2) is 14.5. The van der Waals surface area contributed by atoms with E-state index >= 15 is 0 Å². The number of thioether (sulfide) groups is 1. The van der Waals surface area contributed by atoms with Crippen molar-refractivity contribution in [1.29, 1.82) is 0 Å². The molecule has 0 aliphatic carbocycles. The van der Waals surface area contributed by atoms with Crippen LogP contribution in [0.2, 0.25) is 0 Å². The van der Waals surface area contributed by atoms with Gasteiger partial charge in [0, 0.05) is 27.9 Å². The largest absolute Gasteiger partial charge is 0.478 e. The number of hydrogen-bond donors (Lipinski definition) is 4. The first-order chi connectivity index (χ1) is 21.9. The van der Waals surface area contributed by atoms with E-state index in [1.54, 1.807) is 60.7 Å². The highest BCUT2D eigenvalue weighted by Gasteiger charge is 2.23. The maximum atomic E-state index is 13.5. The van der Waals surface area contributed by atoms with Gasteiger partial charge in [-0.15, -0.1) is 11.8 Å². The Hall–Kier alpha value is -5.87. The Bertz CT molecular complexity index is 1820. The Balaban J connectivity index is 1.34. The van der Waals surface area contributed by atoms with Crippen molar-refractivity contribution < 1.29 is 28.7 Å².